The molecule has 5 atom stereocenters. The van der Waals surface area contributed by atoms with Crippen LogP contribution < -0.4 is 4.74 Å². The second-order valence-electron chi connectivity index (χ2n) is 20.7. The van der Waals surface area contributed by atoms with Crippen molar-refractivity contribution in [2.75, 3.05) is 6.61 Å². The van der Waals surface area contributed by atoms with Gasteiger partial charge in [-0.25, -0.2) is 9.97 Å². The Labute approximate surface area is 470 Å². The monoisotopic (exact) mass is 1170 g/mol. The average molecular weight is 1170 g/mol. The lowest BCUT2D eigenvalue weighted by Gasteiger charge is -2.43. The zero-order valence-electron chi connectivity index (χ0n) is 45.1. The molecule has 10 nitrogen and oxygen atoms in total. The van der Waals surface area contributed by atoms with Crippen LogP contribution >= 0.6 is 0 Å². The molecule has 22 heteroatoms. The summed E-state index contributed by atoms with van der Waals surface area (Å²) in [5.41, 5.74) is -5.14. The van der Waals surface area contributed by atoms with Gasteiger partial charge in [-0.1, -0.05) is 38.1 Å². The first-order chi connectivity index (χ1) is 39.4. The van der Waals surface area contributed by atoms with Gasteiger partial charge in [-0.15, -0.1) is 0 Å². The number of alkyl halides is 12. The number of aromatic nitrogens is 4. The number of nitrogens with zero attached hydrogens (tertiary/aromatic N) is 2. The van der Waals surface area contributed by atoms with Crippen molar-refractivity contribution in [3.8, 4) is 50.3 Å². The van der Waals surface area contributed by atoms with Crippen molar-refractivity contribution in [3.63, 3.8) is 0 Å². The van der Waals surface area contributed by atoms with Gasteiger partial charge in [-0.05, 0) is 156 Å². The Balaban J connectivity index is 1.28. The number of ether oxygens (including phenoxy) is 4. The third-order valence-corrected chi connectivity index (χ3v) is 14.7. The van der Waals surface area contributed by atoms with Crippen LogP contribution in [0.2, 0.25) is 0 Å². The predicted octanol–water partition coefficient (Wildman–Crippen LogP) is 16.9. The number of H-pyrrole nitrogens is 2. The van der Waals surface area contributed by atoms with E-state index in [-0.39, 0.29) is 114 Å². The maximum absolute atomic E-state index is 14.6. The number of esters is 2. The molecule has 0 radical (unpaired) electrons. The second kappa shape index (κ2) is 21.8. The molecule has 4 aromatic carbocycles. The van der Waals surface area contributed by atoms with E-state index in [9.17, 15) is 62.3 Å². The van der Waals surface area contributed by atoms with Gasteiger partial charge in [0.05, 0.1) is 51.1 Å². The van der Waals surface area contributed by atoms with Crippen LogP contribution in [0.1, 0.15) is 83.9 Å². The number of hydrogen-bond donors (Lipinski definition) is 2. The fourth-order valence-corrected chi connectivity index (χ4v) is 10.6. The molecular weight excluding hydrogens is 1120 g/mol. The fourth-order valence-electron chi connectivity index (χ4n) is 10.6. The molecule has 84 heavy (non-hydrogen) atoms. The van der Waals surface area contributed by atoms with E-state index in [1.807, 2.05) is 13.8 Å². The van der Waals surface area contributed by atoms with Gasteiger partial charge < -0.3 is 28.9 Å². The molecular formula is C62H48F12N4O6. The van der Waals surface area contributed by atoms with Crippen LogP contribution in [0.25, 0.3) is 90.9 Å². The van der Waals surface area contributed by atoms with E-state index < -0.39 is 83.0 Å². The lowest BCUT2D eigenvalue weighted by molar-refractivity contribution is -0.253. The molecule has 6 heterocycles. The average Bonchev–Trinajstić information content (AvgIpc) is 2.78. The van der Waals surface area contributed by atoms with Gasteiger partial charge in [-0.2, -0.15) is 52.7 Å². The minimum Gasteiger partial charge on any atom is -0.463 e. The number of rotatable bonds is 9. The number of carbonyl (C=O) groups is 2. The van der Waals surface area contributed by atoms with Crippen LogP contribution in [0.15, 0.2) is 103 Å². The Hall–Kier alpha value is -8.66. The number of fused-ring (bicyclic) bond motifs is 8. The molecule has 0 aliphatic carbocycles. The fraction of sp³-hybridized carbons (Fsp3) is 0.258. The number of nitrogens with one attached hydrogen (secondary N) is 2. The summed E-state index contributed by atoms with van der Waals surface area (Å²) in [7, 11) is 0. The third kappa shape index (κ3) is 12.1. The molecule has 436 valence electrons. The zero-order valence-corrected chi connectivity index (χ0v) is 45.1. The van der Waals surface area contributed by atoms with Crippen molar-refractivity contribution >= 4 is 58.3 Å². The van der Waals surface area contributed by atoms with E-state index >= 15 is 0 Å². The topological polar surface area (TPSA) is 128 Å². The largest absolute Gasteiger partial charge is 0.463 e. The van der Waals surface area contributed by atoms with E-state index in [4.69, 9.17) is 28.9 Å². The molecule has 1 fully saturated rings. The molecule has 0 amide bonds. The van der Waals surface area contributed by atoms with Gasteiger partial charge in [0, 0.05) is 64.1 Å². The van der Waals surface area contributed by atoms with E-state index in [0.717, 1.165) is 24.3 Å². The minimum atomic E-state index is -5.31. The molecule has 10 rings (SSSR count). The molecule has 8 bridgehead atoms. The van der Waals surface area contributed by atoms with E-state index in [1.165, 1.54) is 76.3 Å². The van der Waals surface area contributed by atoms with Crippen molar-refractivity contribution < 1.29 is 81.2 Å². The van der Waals surface area contributed by atoms with Crippen LogP contribution in [0.4, 0.5) is 52.7 Å². The van der Waals surface area contributed by atoms with Crippen molar-refractivity contribution in [1.29, 1.82) is 0 Å². The highest BCUT2D eigenvalue weighted by atomic mass is 19.4. The number of carbonyl (C=O) groups excluding carboxylic acids is 2. The van der Waals surface area contributed by atoms with Gasteiger partial charge in [0.1, 0.15) is 12.4 Å². The highest BCUT2D eigenvalue weighted by Crippen LogP contribution is 2.45. The Kier molecular flexibility index (Phi) is 15.2. The van der Waals surface area contributed by atoms with Crippen molar-refractivity contribution in [2.24, 2.45) is 11.8 Å². The molecule has 1 saturated heterocycles. The third-order valence-electron chi connectivity index (χ3n) is 14.7. The number of aromatic amines is 2. The Morgan fingerprint density at radius 2 is 0.857 bits per heavy atom. The first kappa shape index (κ1) is 58.5. The molecule has 2 N–H and O–H groups in total. The molecule has 7 aromatic rings. The summed E-state index contributed by atoms with van der Waals surface area (Å²) in [6, 6.07) is 19.7. The van der Waals surface area contributed by atoms with Crippen molar-refractivity contribution in [3.05, 3.63) is 159 Å². The normalized spacial score (nSPS) is 18.2. The Morgan fingerprint density at radius 3 is 1.23 bits per heavy atom. The minimum absolute atomic E-state index is 0.0143. The van der Waals surface area contributed by atoms with Crippen molar-refractivity contribution in [2.45, 2.75) is 84.7 Å². The number of benzene rings is 4. The molecule has 0 spiro atoms. The molecule has 3 aliphatic rings. The first-order valence-corrected chi connectivity index (χ1v) is 26.0. The SMILES string of the molecule is CC(=O)OCC1O[C@@H](Oc2ccc(-c3c4nc(c(-c5cc(C)cc(C(F)(F)F)c5)c5ccc([nH]5)c(-c5cc(C(F)(F)F)cc(C(F)(F)F)c5)c5nc(c(-c6cc(C)cc(C(F)(F)F)c6)c6ccc3[nH]6)C=C5)C=C4)cc2)C(OC(C)=O)[C@@H](C)[C@@H]1C. The van der Waals surface area contributed by atoms with Gasteiger partial charge in [0.2, 0.25) is 6.29 Å². The molecule has 2 unspecified atom stereocenters. The predicted molar refractivity (Wildman–Crippen MR) is 290 cm³/mol. The highest BCUT2D eigenvalue weighted by Gasteiger charge is 2.46. The summed E-state index contributed by atoms with van der Waals surface area (Å²) < 4.78 is 199. The first-order valence-electron chi connectivity index (χ1n) is 26.0. The standard InChI is InChI=1S/C62H48F12N4O6/c1-29-19-36(23-39(21-29)59(63,64)65)54-46-13-11-44(75-46)53(35-7-9-43(10-8-35)83-58-57(82-34(6)80)32(4)31(3)52(84-58)28-81-33(5)79)45-12-14-47(76-45)55(37-20-30(2)22-40(24-37)60(66,67)68)49-16-18-51(78-49)56(50-17-15-48(54)77-50)38-25-41(61(69,70)71)27-42(26-38)62(72,73)74/h7-27,31-32,52,57-58,75,78H,28H2,1-6H3/t31-,32-,52?,57?,58+/m0/s1. The Morgan fingerprint density at radius 1 is 0.488 bits per heavy atom. The summed E-state index contributed by atoms with van der Waals surface area (Å²) >= 11 is 0. The van der Waals surface area contributed by atoms with Gasteiger partial charge >= 0.3 is 36.6 Å². The van der Waals surface area contributed by atoms with Gasteiger partial charge in [0.15, 0.2) is 6.10 Å². The zero-order chi connectivity index (χ0) is 60.5. The molecule has 3 aliphatic heterocycles. The van der Waals surface area contributed by atoms with Gasteiger partial charge in [-0.3, -0.25) is 9.59 Å². The Bertz CT molecular complexity index is 3910. The van der Waals surface area contributed by atoms with E-state index in [0.29, 0.717) is 23.3 Å². The maximum atomic E-state index is 14.6. The highest BCUT2D eigenvalue weighted by molar-refractivity contribution is 6.00. The summed E-state index contributed by atoms with van der Waals surface area (Å²) in [4.78, 5) is 40.3. The lowest BCUT2D eigenvalue weighted by Crippen LogP contribution is -2.54. The van der Waals surface area contributed by atoms with Gasteiger partial charge in [0.25, 0.3) is 0 Å². The van der Waals surface area contributed by atoms with Crippen LogP contribution in [0.5, 0.6) is 5.75 Å². The van der Waals surface area contributed by atoms with Crippen LogP contribution in [0.3, 0.4) is 0 Å². The molecule has 0 saturated carbocycles. The van der Waals surface area contributed by atoms with Crippen LogP contribution in [-0.4, -0.2) is 57.0 Å². The number of aryl methyl sites for hydroxylation is 2. The summed E-state index contributed by atoms with van der Waals surface area (Å²) in [5.74, 6) is -1.54. The quantitative estimate of drug-likeness (QED) is 0.108. The smallest absolute Gasteiger partial charge is 0.416 e. The number of hydrogen-bond acceptors (Lipinski definition) is 8. The summed E-state index contributed by atoms with van der Waals surface area (Å²) in [6.45, 7) is 8.92. The summed E-state index contributed by atoms with van der Waals surface area (Å²) in [5, 5.41) is 0. The van der Waals surface area contributed by atoms with E-state index in [1.54, 1.807) is 36.4 Å². The maximum Gasteiger partial charge on any atom is 0.416 e. The van der Waals surface area contributed by atoms with Crippen molar-refractivity contribution in [1.82, 2.24) is 19.9 Å². The second-order valence-corrected chi connectivity index (χ2v) is 20.7. The number of halogens is 12. The molecule has 3 aromatic heterocycles. The van der Waals surface area contributed by atoms with E-state index in [2.05, 4.69) is 9.97 Å². The van der Waals surface area contributed by atoms with Crippen LogP contribution in [-0.2, 0) is 48.5 Å². The van der Waals surface area contributed by atoms with Crippen LogP contribution in [0, 0.1) is 25.7 Å². The summed E-state index contributed by atoms with van der Waals surface area (Å²) in [6.07, 6.45) is -17.4. The lowest BCUT2D eigenvalue weighted by atomic mass is 9.83.